The Hall–Kier alpha value is -3.01. The smallest absolute Gasteiger partial charge is 0.463 e. The molecule has 18 heteroatoms. The predicted molar refractivity (Wildman–Crippen MR) is 316 cm³/mol. The maximum Gasteiger partial charge on any atom is 0.472 e. The lowest BCUT2D eigenvalue weighted by molar-refractivity contribution is -0.161. The van der Waals surface area contributed by atoms with Crippen LogP contribution in [0.3, 0.4) is 0 Å². The zero-order valence-electron chi connectivity index (χ0n) is 49.0. The van der Waals surface area contributed by atoms with Crippen molar-refractivity contribution in [2.75, 3.05) is 39.6 Å². The molecule has 0 rings (SSSR count). The summed E-state index contributed by atoms with van der Waals surface area (Å²) in [4.78, 5) is 57.9. The molecule has 4 N–H and O–H groups in total. The van der Waals surface area contributed by atoms with E-state index < -0.39 is 91.5 Å². The molecule has 458 valence electrons. The molecule has 79 heavy (non-hydrogen) atoms. The number of carbonyl (C=O) groups excluding carboxylic acids is 3. The van der Waals surface area contributed by atoms with Crippen LogP contribution in [-0.2, 0) is 55.8 Å². The number of carbonyl (C=O) groups is 3. The molecule has 0 spiro atoms. The average molecular weight is 1160 g/mol. The second-order valence-corrected chi connectivity index (χ2v) is 23.0. The summed E-state index contributed by atoms with van der Waals surface area (Å²) in [6.45, 7) is 2.49. The molecule has 0 fully saturated rings. The van der Waals surface area contributed by atoms with Crippen molar-refractivity contribution in [2.24, 2.45) is 0 Å². The maximum absolute atomic E-state index is 12.8. The highest BCUT2D eigenvalue weighted by Crippen LogP contribution is 2.45. The molecule has 0 heterocycles. The molecule has 0 aliphatic heterocycles. The van der Waals surface area contributed by atoms with E-state index in [0.29, 0.717) is 19.3 Å². The molecule has 0 aliphatic rings. The van der Waals surface area contributed by atoms with Crippen molar-refractivity contribution in [1.82, 2.24) is 0 Å². The van der Waals surface area contributed by atoms with Gasteiger partial charge in [0.1, 0.15) is 25.4 Å². The maximum atomic E-state index is 12.8. The third-order valence-corrected chi connectivity index (χ3v) is 14.3. The number of allylic oxidation sites excluding steroid dienone is 12. The number of hydrogen-bond donors (Lipinski definition) is 4. The Morgan fingerprint density at radius 1 is 0.354 bits per heavy atom. The molecule has 0 amide bonds. The van der Waals surface area contributed by atoms with Gasteiger partial charge in [-0.15, -0.1) is 0 Å². The van der Waals surface area contributed by atoms with Gasteiger partial charge < -0.3 is 34.2 Å². The topological polar surface area (TPSA) is 231 Å². The summed E-state index contributed by atoms with van der Waals surface area (Å²) >= 11 is 0. The first-order valence-electron chi connectivity index (χ1n) is 30.2. The predicted octanol–water partition coefficient (Wildman–Crippen LogP) is 15.6. The number of aliphatic hydroxyl groups excluding tert-OH is 2. The highest BCUT2D eigenvalue weighted by molar-refractivity contribution is 7.47. The first-order valence-corrected chi connectivity index (χ1v) is 33.2. The molecule has 0 aliphatic carbocycles. The summed E-state index contributed by atoms with van der Waals surface area (Å²) in [5.41, 5.74) is 0. The molecular weight excluding hydrogens is 1050 g/mol. The number of rotatable bonds is 57. The molecule has 0 aromatic heterocycles. The van der Waals surface area contributed by atoms with Crippen LogP contribution in [0.4, 0.5) is 0 Å². The highest BCUT2D eigenvalue weighted by Gasteiger charge is 2.29. The summed E-state index contributed by atoms with van der Waals surface area (Å²) in [6.07, 6.45) is 54.1. The first-order chi connectivity index (χ1) is 38.2. The van der Waals surface area contributed by atoms with E-state index in [1.54, 1.807) is 0 Å². The van der Waals surface area contributed by atoms with Crippen molar-refractivity contribution in [3.8, 4) is 0 Å². The van der Waals surface area contributed by atoms with Crippen LogP contribution in [0.5, 0.6) is 0 Å². The van der Waals surface area contributed by atoms with E-state index >= 15 is 0 Å². The van der Waals surface area contributed by atoms with Crippen molar-refractivity contribution in [2.45, 2.75) is 257 Å². The van der Waals surface area contributed by atoms with Crippen LogP contribution in [0.2, 0.25) is 0 Å². The Balaban J connectivity index is 4.56. The summed E-state index contributed by atoms with van der Waals surface area (Å²) in [5, 5.41) is 20.4. The summed E-state index contributed by atoms with van der Waals surface area (Å²) in [6, 6.07) is 0. The van der Waals surface area contributed by atoms with E-state index in [1.165, 1.54) is 51.4 Å². The monoisotopic (exact) mass is 1160 g/mol. The van der Waals surface area contributed by atoms with Gasteiger partial charge in [-0.25, -0.2) is 9.13 Å². The zero-order valence-corrected chi connectivity index (χ0v) is 50.8. The van der Waals surface area contributed by atoms with Gasteiger partial charge in [0.15, 0.2) is 6.10 Å². The lowest BCUT2D eigenvalue weighted by atomic mass is 10.1. The van der Waals surface area contributed by atoms with E-state index in [9.17, 15) is 43.5 Å². The molecule has 0 saturated heterocycles. The highest BCUT2D eigenvalue weighted by atomic mass is 31.2. The Kier molecular flexibility index (Phi) is 53.4. The van der Waals surface area contributed by atoms with Gasteiger partial charge in [-0.1, -0.05) is 190 Å². The molecule has 0 saturated carbocycles. The summed E-state index contributed by atoms with van der Waals surface area (Å²) in [7, 11) is -9.76. The first kappa shape index (κ1) is 76.0. The quantitative estimate of drug-likeness (QED) is 0.0146. The van der Waals surface area contributed by atoms with E-state index in [1.807, 2.05) is 0 Å². The van der Waals surface area contributed by atoms with Crippen LogP contribution in [0.1, 0.15) is 239 Å². The van der Waals surface area contributed by atoms with Gasteiger partial charge in [0, 0.05) is 19.3 Å². The van der Waals surface area contributed by atoms with Crippen LogP contribution in [0, 0.1) is 0 Å². The fourth-order valence-corrected chi connectivity index (χ4v) is 9.22. The number of unbranched alkanes of at least 4 members (excludes halogenated alkanes) is 22. The normalized spacial score (nSPS) is 15.0. The van der Waals surface area contributed by atoms with Crippen molar-refractivity contribution < 1.29 is 75.8 Å². The Bertz CT molecular complexity index is 1750. The molecule has 0 aromatic carbocycles. The van der Waals surface area contributed by atoms with Crippen LogP contribution >= 0.6 is 15.6 Å². The van der Waals surface area contributed by atoms with Gasteiger partial charge >= 0.3 is 33.6 Å². The molecule has 0 radical (unpaired) electrons. The average Bonchev–Trinajstić information content (AvgIpc) is 3.42. The third kappa shape index (κ3) is 56.6. The van der Waals surface area contributed by atoms with Gasteiger partial charge in [0.25, 0.3) is 0 Å². The fourth-order valence-electron chi connectivity index (χ4n) is 7.63. The lowest BCUT2D eigenvalue weighted by Crippen LogP contribution is -2.30. The van der Waals surface area contributed by atoms with E-state index in [4.69, 9.17) is 32.3 Å². The molecule has 16 nitrogen and oxygen atoms in total. The Morgan fingerprint density at radius 2 is 0.646 bits per heavy atom. The SMILES string of the molecule is CCCC/C=C\CCCCCCCC(=O)OCC(COP(=O)(O)OCC(O)COP(=O)(O)OCC(O)COC(=O)CCCCCCC/C=C\C/C=C\C/C=C\C/C=C\CCCCC)OC(=O)CCCCCCC/C=C\CCCC. The molecular formula is C61H108O16P2. The van der Waals surface area contributed by atoms with Gasteiger partial charge in [-0.2, -0.15) is 0 Å². The molecule has 0 aromatic rings. The van der Waals surface area contributed by atoms with Gasteiger partial charge in [-0.3, -0.25) is 32.5 Å². The summed E-state index contributed by atoms with van der Waals surface area (Å²) < 4.78 is 60.5. The van der Waals surface area contributed by atoms with Gasteiger partial charge in [0.05, 0.1) is 26.4 Å². The summed E-state index contributed by atoms with van der Waals surface area (Å²) in [5.74, 6) is -1.61. The second-order valence-electron chi connectivity index (χ2n) is 20.1. The van der Waals surface area contributed by atoms with Crippen molar-refractivity contribution in [1.29, 1.82) is 0 Å². The minimum atomic E-state index is -4.91. The van der Waals surface area contributed by atoms with E-state index in [0.717, 1.165) is 128 Å². The largest absolute Gasteiger partial charge is 0.472 e. The van der Waals surface area contributed by atoms with Crippen LogP contribution in [0.15, 0.2) is 72.9 Å². The van der Waals surface area contributed by atoms with Crippen molar-refractivity contribution in [3.63, 3.8) is 0 Å². The number of phosphoric ester groups is 2. The van der Waals surface area contributed by atoms with E-state index in [-0.39, 0.29) is 19.3 Å². The fraction of sp³-hybridized carbons (Fsp3) is 0.754. The van der Waals surface area contributed by atoms with Crippen LogP contribution in [0.25, 0.3) is 0 Å². The van der Waals surface area contributed by atoms with Crippen molar-refractivity contribution >= 4 is 33.6 Å². The molecule has 5 atom stereocenters. The number of ether oxygens (including phenoxy) is 3. The standard InChI is InChI=1S/C61H108O16P2/c1-4-7-10-13-16-19-22-23-24-25-26-27-28-29-30-31-34-36-38-41-44-47-59(64)71-50-56(62)51-73-78(67,68)74-52-57(63)53-75-79(69,70)76-55-58(77-61(66)49-46-43-40-37-33-21-18-15-12-9-6-3)54-72-60(65)48-45-42-39-35-32-20-17-14-11-8-5-2/h14-19,23-24,26-27,29-30,56-58,62-63H,4-13,20-22,25,28,31-55H2,1-3H3,(H,67,68)(H,69,70)/b17-14-,18-15-,19-16-,24-23-,27-26-,30-29-. The Morgan fingerprint density at radius 3 is 1.05 bits per heavy atom. The van der Waals surface area contributed by atoms with Gasteiger partial charge in [0.2, 0.25) is 0 Å². The second kappa shape index (κ2) is 55.5. The number of aliphatic hydroxyl groups is 2. The van der Waals surface area contributed by atoms with E-state index in [2.05, 4.69) is 93.7 Å². The number of esters is 3. The Labute approximate surface area is 477 Å². The molecule has 5 unspecified atom stereocenters. The minimum absolute atomic E-state index is 0.0931. The van der Waals surface area contributed by atoms with Gasteiger partial charge in [-0.05, 0) is 103 Å². The zero-order chi connectivity index (χ0) is 58.2. The number of phosphoric acid groups is 2. The number of hydrogen-bond acceptors (Lipinski definition) is 14. The minimum Gasteiger partial charge on any atom is -0.463 e. The lowest BCUT2D eigenvalue weighted by Gasteiger charge is -2.21. The van der Waals surface area contributed by atoms with Crippen molar-refractivity contribution in [3.05, 3.63) is 72.9 Å². The van der Waals surface area contributed by atoms with Crippen LogP contribution in [-0.4, -0.2) is 95.9 Å². The molecule has 0 bridgehead atoms. The third-order valence-electron chi connectivity index (χ3n) is 12.4. The van der Waals surface area contributed by atoms with Crippen LogP contribution < -0.4 is 0 Å².